The van der Waals surface area contributed by atoms with E-state index < -0.39 is 23.8 Å². The molecule has 1 unspecified atom stereocenters. The van der Waals surface area contributed by atoms with Crippen LogP contribution in [0.4, 0.5) is 13.2 Å². The molecule has 3 rings (SSSR count). The molecular formula is C16H16ClF3N6O. The zero-order valence-electron chi connectivity index (χ0n) is 14.9. The molecule has 27 heavy (non-hydrogen) atoms. The minimum atomic E-state index is -4.67. The monoisotopic (exact) mass is 400 g/mol. The van der Waals surface area contributed by atoms with Crippen molar-refractivity contribution in [3.63, 3.8) is 0 Å². The fraction of sp³-hybridized carbons (Fsp3) is 0.375. The van der Waals surface area contributed by atoms with Gasteiger partial charge in [-0.1, -0.05) is 11.6 Å². The van der Waals surface area contributed by atoms with Gasteiger partial charge in [-0.15, -0.1) is 0 Å². The molecule has 1 atom stereocenters. The SMILES string of the molecule is Cc1cc(C(F)(F)F)n2nc(C(=O)NC(C)c3cnn(C)c3C)c(Cl)c2n1. The van der Waals surface area contributed by atoms with Crippen LogP contribution in [0.5, 0.6) is 0 Å². The number of amides is 1. The van der Waals surface area contributed by atoms with E-state index in [9.17, 15) is 18.0 Å². The van der Waals surface area contributed by atoms with Crippen LogP contribution in [0.3, 0.4) is 0 Å². The number of aromatic nitrogens is 5. The summed E-state index contributed by atoms with van der Waals surface area (Å²) in [5.41, 5.74) is 0.134. The van der Waals surface area contributed by atoms with Crippen LogP contribution in [-0.4, -0.2) is 30.3 Å². The molecule has 0 aliphatic rings. The topological polar surface area (TPSA) is 77.1 Å². The Hall–Kier alpha value is -2.62. The summed E-state index contributed by atoms with van der Waals surface area (Å²) in [5.74, 6) is -0.702. The normalized spacial score (nSPS) is 13.2. The van der Waals surface area contributed by atoms with Gasteiger partial charge >= 0.3 is 6.18 Å². The van der Waals surface area contributed by atoms with Gasteiger partial charge < -0.3 is 5.32 Å². The molecule has 7 nitrogen and oxygen atoms in total. The van der Waals surface area contributed by atoms with Crippen LogP contribution in [0.2, 0.25) is 5.02 Å². The number of nitrogens with zero attached hydrogens (tertiary/aromatic N) is 5. The van der Waals surface area contributed by atoms with Crippen molar-refractivity contribution in [3.8, 4) is 0 Å². The molecule has 1 amide bonds. The van der Waals surface area contributed by atoms with Crippen LogP contribution in [0.15, 0.2) is 12.3 Å². The van der Waals surface area contributed by atoms with Crippen LogP contribution < -0.4 is 5.32 Å². The van der Waals surface area contributed by atoms with E-state index in [1.807, 2.05) is 6.92 Å². The number of carbonyl (C=O) groups is 1. The number of hydrogen-bond acceptors (Lipinski definition) is 4. The average Bonchev–Trinajstić information content (AvgIpc) is 3.07. The van der Waals surface area contributed by atoms with Crippen LogP contribution in [0.25, 0.3) is 5.65 Å². The van der Waals surface area contributed by atoms with Gasteiger partial charge in [0.15, 0.2) is 11.3 Å². The van der Waals surface area contributed by atoms with Crippen LogP contribution in [0, 0.1) is 13.8 Å². The van der Waals surface area contributed by atoms with Crippen molar-refractivity contribution >= 4 is 23.2 Å². The highest BCUT2D eigenvalue weighted by molar-refractivity contribution is 6.36. The Morgan fingerprint density at radius 2 is 2.00 bits per heavy atom. The molecule has 0 aliphatic heterocycles. The minimum Gasteiger partial charge on any atom is -0.344 e. The van der Waals surface area contributed by atoms with Crippen LogP contribution >= 0.6 is 11.6 Å². The van der Waals surface area contributed by atoms with Crippen molar-refractivity contribution in [2.45, 2.75) is 33.0 Å². The van der Waals surface area contributed by atoms with Crippen LogP contribution in [-0.2, 0) is 13.2 Å². The van der Waals surface area contributed by atoms with Gasteiger partial charge in [0, 0.05) is 24.0 Å². The Kier molecular flexibility index (Phi) is 4.62. The summed E-state index contributed by atoms with van der Waals surface area (Å²) in [6.45, 7) is 4.98. The highest BCUT2D eigenvalue weighted by atomic mass is 35.5. The third-order valence-electron chi connectivity index (χ3n) is 4.25. The molecule has 0 fully saturated rings. The van der Waals surface area contributed by atoms with Gasteiger partial charge in [-0.2, -0.15) is 23.4 Å². The first kappa shape index (κ1) is 19.2. The van der Waals surface area contributed by atoms with E-state index in [1.165, 1.54) is 6.92 Å². The van der Waals surface area contributed by atoms with Crippen molar-refractivity contribution in [1.82, 2.24) is 29.7 Å². The molecule has 3 aromatic heterocycles. The number of aryl methyl sites for hydroxylation is 2. The van der Waals surface area contributed by atoms with E-state index in [1.54, 1.807) is 24.9 Å². The maximum Gasteiger partial charge on any atom is 0.433 e. The lowest BCUT2D eigenvalue weighted by molar-refractivity contribution is -0.142. The van der Waals surface area contributed by atoms with Crippen LogP contribution in [0.1, 0.15) is 46.1 Å². The molecule has 0 bridgehead atoms. The maximum absolute atomic E-state index is 13.3. The maximum atomic E-state index is 13.3. The molecule has 11 heteroatoms. The number of halogens is 4. The first-order valence-electron chi connectivity index (χ1n) is 7.93. The second-order valence-electron chi connectivity index (χ2n) is 6.18. The molecule has 0 radical (unpaired) electrons. The van der Waals surface area contributed by atoms with Gasteiger partial charge in [0.05, 0.1) is 12.2 Å². The summed E-state index contributed by atoms with van der Waals surface area (Å²) in [6, 6.07) is 0.406. The number of nitrogens with one attached hydrogen (secondary N) is 1. The third kappa shape index (κ3) is 3.36. The fourth-order valence-corrected chi connectivity index (χ4v) is 2.99. The van der Waals surface area contributed by atoms with Gasteiger partial charge in [0.25, 0.3) is 5.91 Å². The van der Waals surface area contributed by atoms with E-state index >= 15 is 0 Å². The molecular weight excluding hydrogens is 385 g/mol. The van der Waals surface area contributed by atoms with Gasteiger partial charge in [-0.05, 0) is 26.8 Å². The average molecular weight is 401 g/mol. The Morgan fingerprint density at radius 3 is 2.56 bits per heavy atom. The largest absolute Gasteiger partial charge is 0.433 e. The quantitative estimate of drug-likeness (QED) is 0.732. The Bertz CT molecular complexity index is 1040. The summed E-state index contributed by atoms with van der Waals surface area (Å²) in [7, 11) is 1.76. The second kappa shape index (κ2) is 6.52. The zero-order chi connectivity index (χ0) is 20.1. The summed E-state index contributed by atoms with van der Waals surface area (Å²) in [6.07, 6.45) is -3.06. The van der Waals surface area contributed by atoms with Gasteiger partial charge in [-0.25, -0.2) is 9.50 Å². The Balaban J connectivity index is 2.00. The fourth-order valence-electron chi connectivity index (χ4n) is 2.74. The highest BCUT2D eigenvalue weighted by Gasteiger charge is 2.36. The molecule has 0 saturated heterocycles. The summed E-state index contributed by atoms with van der Waals surface area (Å²) in [4.78, 5) is 16.6. The predicted molar refractivity (Wildman–Crippen MR) is 91.6 cm³/mol. The number of fused-ring (bicyclic) bond motifs is 1. The predicted octanol–water partition coefficient (Wildman–Crippen LogP) is 3.24. The van der Waals surface area contributed by atoms with Crippen molar-refractivity contribution in [1.29, 1.82) is 0 Å². The summed E-state index contributed by atoms with van der Waals surface area (Å²) < 4.78 is 42.0. The van der Waals surface area contributed by atoms with E-state index in [4.69, 9.17) is 11.6 Å². The Morgan fingerprint density at radius 1 is 1.33 bits per heavy atom. The first-order valence-corrected chi connectivity index (χ1v) is 8.31. The molecule has 3 heterocycles. The second-order valence-corrected chi connectivity index (χ2v) is 6.56. The minimum absolute atomic E-state index is 0.114. The number of hydrogen-bond donors (Lipinski definition) is 1. The molecule has 0 aromatic carbocycles. The molecule has 3 aromatic rings. The van der Waals surface area contributed by atoms with Gasteiger partial charge in [0.1, 0.15) is 10.7 Å². The van der Waals surface area contributed by atoms with Crippen molar-refractivity contribution < 1.29 is 18.0 Å². The van der Waals surface area contributed by atoms with Crippen molar-refractivity contribution in [2.75, 3.05) is 0 Å². The van der Waals surface area contributed by atoms with Crippen molar-refractivity contribution in [2.24, 2.45) is 7.05 Å². The number of carbonyl (C=O) groups excluding carboxylic acids is 1. The molecule has 0 aliphatic carbocycles. The number of alkyl halides is 3. The molecule has 144 valence electrons. The molecule has 0 spiro atoms. The van der Waals surface area contributed by atoms with Gasteiger partial charge in [-0.3, -0.25) is 9.48 Å². The highest BCUT2D eigenvalue weighted by Crippen LogP contribution is 2.32. The lowest BCUT2D eigenvalue weighted by Gasteiger charge is -2.12. The lowest BCUT2D eigenvalue weighted by atomic mass is 10.1. The van der Waals surface area contributed by atoms with E-state index in [0.717, 1.165) is 17.3 Å². The standard InChI is InChI=1S/C16H16ClF3N6O/c1-7-5-11(16(18,19)20)26-14(22-7)12(17)13(24-26)15(27)23-8(2)10-6-21-25(4)9(10)3/h5-6,8H,1-4H3,(H,23,27). The van der Waals surface area contributed by atoms with Gasteiger partial charge in [0.2, 0.25) is 0 Å². The summed E-state index contributed by atoms with van der Waals surface area (Å²) in [5, 5.41) is 10.3. The Labute approximate surface area is 157 Å². The smallest absolute Gasteiger partial charge is 0.344 e. The molecule has 0 saturated carbocycles. The van der Waals surface area contributed by atoms with E-state index in [2.05, 4.69) is 20.5 Å². The zero-order valence-corrected chi connectivity index (χ0v) is 15.6. The first-order chi connectivity index (χ1) is 12.5. The van der Waals surface area contributed by atoms with E-state index in [-0.39, 0.29) is 22.1 Å². The van der Waals surface area contributed by atoms with E-state index in [0.29, 0.717) is 4.52 Å². The number of rotatable bonds is 3. The summed E-state index contributed by atoms with van der Waals surface area (Å²) >= 11 is 6.12. The van der Waals surface area contributed by atoms with Crippen molar-refractivity contribution in [3.05, 3.63) is 45.6 Å². The lowest BCUT2D eigenvalue weighted by Crippen LogP contribution is -2.27. The third-order valence-corrected chi connectivity index (χ3v) is 4.60. The molecule has 1 N–H and O–H groups in total.